The molecule has 1 saturated heterocycles. The van der Waals surface area contributed by atoms with Gasteiger partial charge < -0.3 is 20.6 Å². The molecule has 2 rings (SSSR count). The summed E-state index contributed by atoms with van der Waals surface area (Å²) in [6, 6.07) is -0.603. The van der Waals surface area contributed by atoms with Gasteiger partial charge in [0.2, 0.25) is 5.91 Å². The fourth-order valence-electron chi connectivity index (χ4n) is 2.05. The van der Waals surface area contributed by atoms with Gasteiger partial charge in [0, 0.05) is 13.1 Å². The molecule has 1 aliphatic carbocycles. The van der Waals surface area contributed by atoms with E-state index in [1.165, 1.54) is 4.90 Å². The van der Waals surface area contributed by atoms with Crippen molar-refractivity contribution in [3.8, 4) is 0 Å². The van der Waals surface area contributed by atoms with Crippen molar-refractivity contribution in [1.82, 2.24) is 15.5 Å². The molecule has 18 heavy (non-hydrogen) atoms. The Balaban J connectivity index is 1.83. The molecule has 0 radical (unpaired) electrons. The van der Waals surface area contributed by atoms with E-state index in [1.54, 1.807) is 12.2 Å². The van der Waals surface area contributed by atoms with Crippen LogP contribution in [0.2, 0.25) is 0 Å². The van der Waals surface area contributed by atoms with E-state index in [9.17, 15) is 14.4 Å². The van der Waals surface area contributed by atoms with E-state index in [0.29, 0.717) is 19.5 Å². The quantitative estimate of drug-likeness (QED) is 0.559. The predicted octanol–water partition coefficient (Wildman–Crippen LogP) is -0.843. The van der Waals surface area contributed by atoms with Crippen LogP contribution < -0.4 is 10.6 Å². The zero-order valence-corrected chi connectivity index (χ0v) is 9.76. The van der Waals surface area contributed by atoms with Crippen LogP contribution in [0.3, 0.4) is 0 Å². The minimum Gasteiger partial charge on any atom is -0.481 e. The third-order valence-electron chi connectivity index (χ3n) is 3.04. The van der Waals surface area contributed by atoms with E-state index >= 15 is 0 Å². The number of piperazine rings is 1. The first-order valence-electron chi connectivity index (χ1n) is 5.79. The number of nitrogens with zero attached hydrogens (tertiary/aromatic N) is 1. The van der Waals surface area contributed by atoms with Crippen LogP contribution in [0.15, 0.2) is 12.2 Å². The number of carbonyl (C=O) groups excluding carboxylic acids is 2. The van der Waals surface area contributed by atoms with Gasteiger partial charge in [-0.25, -0.2) is 4.79 Å². The molecule has 2 atom stereocenters. The Bertz CT molecular complexity index is 407. The molecule has 0 spiro atoms. The largest absolute Gasteiger partial charge is 0.481 e. The Morgan fingerprint density at radius 1 is 1.44 bits per heavy atom. The Morgan fingerprint density at radius 3 is 2.83 bits per heavy atom. The van der Waals surface area contributed by atoms with E-state index in [0.717, 1.165) is 0 Å². The molecule has 2 aliphatic rings. The van der Waals surface area contributed by atoms with Gasteiger partial charge in [0.15, 0.2) is 0 Å². The van der Waals surface area contributed by atoms with Crippen LogP contribution in [-0.2, 0) is 9.59 Å². The van der Waals surface area contributed by atoms with Crippen molar-refractivity contribution < 1.29 is 19.5 Å². The fourth-order valence-corrected chi connectivity index (χ4v) is 2.05. The van der Waals surface area contributed by atoms with Gasteiger partial charge in [0.05, 0.1) is 12.0 Å². The molecule has 0 aromatic carbocycles. The first-order valence-corrected chi connectivity index (χ1v) is 5.79. The molecule has 98 valence electrons. The molecule has 0 saturated carbocycles. The lowest BCUT2D eigenvalue weighted by Gasteiger charge is -2.28. The van der Waals surface area contributed by atoms with Crippen LogP contribution in [0, 0.1) is 5.92 Å². The number of nitrogens with one attached hydrogen (secondary N) is 2. The summed E-state index contributed by atoms with van der Waals surface area (Å²) in [6.07, 6.45) is 3.62. The number of hydrogen-bond donors (Lipinski definition) is 3. The first-order chi connectivity index (χ1) is 8.56. The van der Waals surface area contributed by atoms with E-state index in [1.807, 2.05) is 0 Å². The monoisotopic (exact) mass is 253 g/mol. The molecular weight excluding hydrogens is 238 g/mol. The summed E-state index contributed by atoms with van der Waals surface area (Å²) >= 11 is 0. The SMILES string of the molecule is O=C1CN(C(=O)NC2C=CC(C(=O)O)C2)CCN1. The Hall–Kier alpha value is -2.05. The summed E-state index contributed by atoms with van der Waals surface area (Å²) in [5.74, 6) is -1.61. The summed E-state index contributed by atoms with van der Waals surface area (Å²) in [7, 11) is 0. The summed E-state index contributed by atoms with van der Waals surface area (Å²) in [6.45, 7) is 0.964. The van der Waals surface area contributed by atoms with Crippen molar-refractivity contribution in [1.29, 1.82) is 0 Å². The number of hydrogen-bond acceptors (Lipinski definition) is 3. The molecule has 2 unspecified atom stereocenters. The lowest BCUT2D eigenvalue weighted by Crippen LogP contribution is -2.54. The van der Waals surface area contributed by atoms with Gasteiger partial charge in [-0.05, 0) is 6.42 Å². The van der Waals surface area contributed by atoms with Gasteiger partial charge in [-0.1, -0.05) is 12.2 Å². The second kappa shape index (κ2) is 5.07. The van der Waals surface area contributed by atoms with E-state index in [2.05, 4.69) is 10.6 Å². The summed E-state index contributed by atoms with van der Waals surface area (Å²) in [5.41, 5.74) is 0. The Kier molecular flexibility index (Phi) is 3.50. The summed E-state index contributed by atoms with van der Waals surface area (Å²) in [5, 5.41) is 14.2. The van der Waals surface area contributed by atoms with Gasteiger partial charge in [0.25, 0.3) is 0 Å². The van der Waals surface area contributed by atoms with Crippen molar-refractivity contribution in [2.45, 2.75) is 12.5 Å². The number of carboxylic acid groups (broad SMARTS) is 1. The maximum Gasteiger partial charge on any atom is 0.318 e. The Morgan fingerprint density at radius 2 is 2.22 bits per heavy atom. The van der Waals surface area contributed by atoms with Gasteiger partial charge in [-0.2, -0.15) is 0 Å². The molecule has 1 fully saturated rings. The van der Waals surface area contributed by atoms with Crippen LogP contribution in [0.1, 0.15) is 6.42 Å². The van der Waals surface area contributed by atoms with Crippen LogP contribution in [0.25, 0.3) is 0 Å². The van der Waals surface area contributed by atoms with Crippen molar-refractivity contribution in [2.24, 2.45) is 5.92 Å². The highest BCUT2D eigenvalue weighted by atomic mass is 16.4. The lowest BCUT2D eigenvalue weighted by molar-refractivity contribution is -0.140. The molecule has 7 nitrogen and oxygen atoms in total. The van der Waals surface area contributed by atoms with E-state index < -0.39 is 11.9 Å². The van der Waals surface area contributed by atoms with Crippen LogP contribution in [0.5, 0.6) is 0 Å². The molecule has 7 heteroatoms. The molecule has 1 heterocycles. The number of aliphatic carboxylic acids is 1. The molecule has 0 bridgehead atoms. The zero-order chi connectivity index (χ0) is 13.1. The highest BCUT2D eigenvalue weighted by molar-refractivity contribution is 5.85. The van der Waals surface area contributed by atoms with Crippen molar-refractivity contribution in [3.63, 3.8) is 0 Å². The highest BCUT2D eigenvalue weighted by Crippen LogP contribution is 2.18. The predicted molar refractivity (Wildman–Crippen MR) is 61.8 cm³/mol. The minimum absolute atomic E-state index is 0.0463. The number of urea groups is 1. The topological polar surface area (TPSA) is 98.7 Å². The first kappa shape index (κ1) is 12.4. The summed E-state index contributed by atoms with van der Waals surface area (Å²) < 4.78 is 0. The lowest BCUT2D eigenvalue weighted by atomic mass is 10.1. The molecule has 0 aromatic heterocycles. The number of rotatable bonds is 2. The van der Waals surface area contributed by atoms with E-state index in [-0.39, 0.29) is 24.5 Å². The van der Waals surface area contributed by atoms with Gasteiger partial charge >= 0.3 is 12.0 Å². The normalized spacial score (nSPS) is 26.9. The van der Waals surface area contributed by atoms with Crippen molar-refractivity contribution >= 4 is 17.9 Å². The smallest absolute Gasteiger partial charge is 0.318 e. The second-order valence-electron chi connectivity index (χ2n) is 4.39. The fraction of sp³-hybridized carbons (Fsp3) is 0.545. The van der Waals surface area contributed by atoms with Gasteiger partial charge in [-0.3, -0.25) is 9.59 Å². The van der Waals surface area contributed by atoms with E-state index in [4.69, 9.17) is 5.11 Å². The standard InChI is InChI=1S/C11H15N3O4/c15-9-6-14(4-3-12-9)11(18)13-8-2-1-7(5-8)10(16)17/h1-2,7-8H,3-6H2,(H,12,15)(H,13,18)(H,16,17). The average molecular weight is 253 g/mol. The average Bonchev–Trinajstić information content (AvgIpc) is 2.77. The molecule has 3 amide bonds. The third-order valence-corrected chi connectivity index (χ3v) is 3.04. The van der Waals surface area contributed by atoms with Crippen molar-refractivity contribution in [2.75, 3.05) is 19.6 Å². The maximum atomic E-state index is 11.8. The third kappa shape index (κ3) is 2.79. The number of carboxylic acids is 1. The minimum atomic E-state index is -0.889. The zero-order valence-electron chi connectivity index (χ0n) is 9.76. The number of amides is 3. The molecular formula is C11H15N3O4. The molecule has 0 aromatic rings. The second-order valence-corrected chi connectivity index (χ2v) is 4.39. The van der Waals surface area contributed by atoms with Crippen LogP contribution >= 0.6 is 0 Å². The van der Waals surface area contributed by atoms with Crippen molar-refractivity contribution in [3.05, 3.63) is 12.2 Å². The summed E-state index contributed by atoms with van der Waals surface area (Å²) in [4.78, 5) is 35.1. The van der Waals surface area contributed by atoms with Gasteiger partial charge in [-0.15, -0.1) is 0 Å². The maximum absolute atomic E-state index is 11.8. The van der Waals surface area contributed by atoms with Crippen LogP contribution in [0.4, 0.5) is 4.79 Å². The van der Waals surface area contributed by atoms with Crippen LogP contribution in [-0.4, -0.2) is 53.6 Å². The number of carbonyl (C=O) groups is 3. The molecule has 1 aliphatic heterocycles. The Labute approximate surface area is 104 Å². The highest BCUT2D eigenvalue weighted by Gasteiger charge is 2.28. The molecule has 3 N–H and O–H groups in total. The van der Waals surface area contributed by atoms with Gasteiger partial charge in [0.1, 0.15) is 6.54 Å².